The predicted molar refractivity (Wildman–Crippen MR) is 104 cm³/mol. The molecule has 0 saturated carbocycles. The van der Waals surface area contributed by atoms with Gasteiger partial charge in [-0.2, -0.15) is 0 Å². The number of rotatable bonds is 5. The molecule has 2 N–H and O–H groups in total. The van der Waals surface area contributed by atoms with Crippen molar-refractivity contribution in [1.82, 2.24) is 15.5 Å². The van der Waals surface area contributed by atoms with Crippen LogP contribution in [0.15, 0.2) is 29.3 Å². The number of hydrogen-bond acceptors (Lipinski definition) is 2. The van der Waals surface area contributed by atoms with Crippen molar-refractivity contribution in [1.29, 1.82) is 0 Å². The smallest absolute Gasteiger partial charge is 0.251 e. The Bertz CT molecular complexity index is 624. The van der Waals surface area contributed by atoms with Crippen LogP contribution in [-0.2, 0) is 6.54 Å². The van der Waals surface area contributed by atoms with Gasteiger partial charge in [0, 0.05) is 38.3 Å². The van der Waals surface area contributed by atoms with Gasteiger partial charge in [-0.05, 0) is 42.9 Å². The molecule has 1 saturated heterocycles. The Labute approximate surface area is 151 Å². The number of hydrogen-bond donors (Lipinski definition) is 2. The Morgan fingerprint density at radius 1 is 1.40 bits per heavy atom. The maximum absolute atomic E-state index is 12.3. The SMILES string of the molecule is CCC(C)NC(=O)c1cccc(CNC(=NC)N2CCC(C)(C)C2)c1. The molecule has 25 heavy (non-hydrogen) atoms. The first-order valence-corrected chi connectivity index (χ1v) is 9.20. The molecule has 1 aliphatic heterocycles. The topological polar surface area (TPSA) is 56.7 Å². The monoisotopic (exact) mass is 344 g/mol. The highest BCUT2D eigenvalue weighted by Crippen LogP contribution is 2.28. The third-order valence-corrected chi connectivity index (χ3v) is 4.82. The van der Waals surface area contributed by atoms with E-state index in [9.17, 15) is 4.79 Å². The van der Waals surface area contributed by atoms with Gasteiger partial charge < -0.3 is 15.5 Å². The van der Waals surface area contributed by atoms with Crippen LogP contribution >= 0.6 is 0 Å². The van der Waals surface area contributed by atoms with Crippen LogP contribution in [0.3, 0.4) is 0 Å². The average Bonchev–Trinajstić information content (AvgIpc) is 2.95. The van der Waals surface area contributed by atoms with Crippen LogP contribution in [0.1, 0.15) is 56.5 Å². The summed E-state index contributed by atoms with van der Waals surface area (Å²) in [6.07, 6.45) is 2.11. The number of carbonyl (C=O) groups is 1. The molecule has 5 nitrogen and oxygen atoms in total. The fraction of sp³-hybridized carbons (Fsp3) is 0.600. The summed E-state index contributed by atoms with van der Waals surface area (Å²) in [6.45, 7) is 11.4. The third-order valence-electron chi connectivity index (χ3n) is 4.82. The van der Waals surface area contributed by atoms with Crippen molar-refractivity contribution >= 4 is 11.9 Å². The molecular formula is C20H32N4O. The summed E-state index contributed by atoms with van der Waals surface area (Å²) >= 11 is 0. The fourth-order valence-corrected chi connectivity index (χ4v) is 3.04. The highest BCUT2D eigenvalue weighted by atomic mass is 16.1. The standard InChI is InChI=1S/C20H32N4O/c1-6-15(2)23-18(25)17-9-7-8-16(12-17)13-22-19(21-5)24-11-10-20(3,4)14-24/h7-9,12,15H,6,10-11,13-14H2,1-5H3,(H,21,22)(H,23,25). The molecule has 138 valence electrons. The lowest BCUT2D eigenvalue weighted by Gasteiger charge is -2.23. The summed E-state index contributed by atoms with van der Waals surface area (Å²) in [4.78, 5) is 19.0. The first kappa shape index (κ1) is 19.3. The van der Waals surface area contributed by atoms with Gasteiger partial charge in [0.05, 0.1) is 0 Å². The predicted octanol–water partition coefficient (Wildman–Crippen LogP) is 3.02. The number of nitrogens with one attached hydrogen (secondary N) is 2. The second-order valence-electron chi connectivity index (χ2n) is 7.72. The number of aliphatic imine (C=N–C) groups is 1. The van der Waals surface area contributed by atoms with Crippen molar-refractivity contribution in [3.63, 3.8) is 0 Å². The largest absolute Gasteiger partial charge is 0.352 e. The first-order chi connectivity index (χ1) is 11.8. The summed E-state index contributed by atoms with van der Waals surface area (Å²) in [7, 11) is 1.82. The molecule has 1 atom stereocenters. The second-order valence-corrected chi connectivity index (χ2v) is 7.72. The van der Waals surface area contributed by atoms with Crippen LogP contribution in [0.5, 0.6) is 0 Å². The minimum Gasteiger partial charge on any atom is -0.352 e. The molecule has 2 rings (SSSR count). The van der Waals surface area contributed by atoms with Gasteiger partial charge in [-0.1, -0.05) is 32.9 Å². The number of carbonyl (C=O) groups excluding carboxylic acids is 1. The maximum atomic E-state index is 12.3. The number of likely N-dealkylation sites (tertiary alicyclic amines) is 1. The van der Waals surface area contributed by atoms with Crippen LogP contribution < -0.4 is 10.6 Å². The van der Waals surface area contributed by atoms with Gasteiger partial charge in [0.15, 0.2) is 5.96 Å². The van der Waals surface area contributed by atoms with Crippen molar-refractivity contribution in [2.24, 2.45) is 10.4 Å². The van der Waals surface area contributed by atoms with E-state index in [1.807, 2.05) is 38.2 Å². The van der Waals surface area contributed by atoms with E-state index in [1.165, 1.54) is 6.42 Å². The van der Waals surface area contributed by atoms with E-state index < -0.39 is 0 Å². The zero-order valence-electron chi connectivity index (χ0n) is 16.2. The van der Waals surface area contributed by atoms with Gasteiger partial charge in [0.1, 0.15) is 0 Å². The van der Waals surface area contributed by atoms with Gasteiger partial charge in [-0.25, -0.2) is 0 Å². The third kappa shape index (κ3) is 5.48. The average molecular weight is 345 g/mol. The van der Waals surface area contributed by atoms with E-state index in [2.05, 4.69) is 41.3 Å². The molecule has 0 bridgehead atoms. The molecule has 1 fully saturated rings. The molecule has 0 aromatic heterocycles. The number of benzene rings is 1. The van der Waals surface area contributed by atoms with Gasteiger partial charge in [0.2, 0.25) is 0 Å². The van der Waals surface area contributed by atoms with Gasteiger partial charge in [-0.3, -0.25) is 9.79 Å². The van der Waals surface area contributed by atoms with Gasteiger partial charge in [-0.15, -0.1) is 0 Å². The Hall–Kier alpha value is -2.04. The lowest BCUT2D eigenvalue weighted by molar-refractivity contribution is 0.0939. The summed E-state index contributed by atoms with van der Waals surface area (Å²) in [5.41, 5.74) is 2.12. The number of nitrogens with zero attached hydrogens (tertiary/aromatic N) is 2. The zero-order chi connectivity index (χ0) is 18.4. The Morgan fingerprint density at radius 3 is 2.76 bits per heavy atom. The number of amides is 1. The molecule has 1 amide bonds. The quantitative estimate of drug-likeness (QED) is 0.638. The normalized spacial score (nSPS) is 18.1. The Balaban J connectivity index is 1.96. The van der Waals surface area contributed by atoms with Crippen LogP contribution in [0, 0.1) is 5.41 Å². The molecule has 1 aromatic rings. The molecule has 1 aromatic carbocycles. The lowest BCUT2D eigenvalue weighted by Crippen LogP contribution is -2.40. The van der Waals surface area contributed by atoms with Gasteiger partial charge in [0.25, 0.3) is 5.91 Å². The summed E-state index contributed by atoms with van der Waals surface area (Å²) in [5.74, 6) is 0.918. The fourth-order valence-electron chi connectivity index (χ4n) is 3.04. The van der Waals surface area contributed by atoms with Crippen LogP contribution in [-0.4, -0.2) is 42.9 Å². The zero-order valence-corrected chi connectivity index (χ0v) is 16.2. The maximum Gasteiger partial charge on any atom is 0.251 e. The van der Waals surface area contributed by atoms with E-state index in [0.717, 1.165) is 31.0 Å². The van der Waals surface area contributed by atoms with Crippen LogP contribution in [0.2, 0.25) is 0 Å². The molecule has 0 aliphatic carbocycles. The summed E-state index contributed by atoms with van der Waals surface area (Å²) < 4.78 is 0. The second kappa shape index (κ2) is 8.37. The van der Waals surface area contributed by atoms with Crippen LogP contribution in [0.25, 0.3) is 0 Å². The van der Waals surface area contributed by atoms with E-state index in [-0.39, 0.29) is 11.9 Å². The Morgan fingerprint density at radius 2 is 2.16 bits per heavy atom. The van der Waals surface area contributed by atoms with Crippen LogP contribution in [0.4, 0.5) is 0 Å². The van der Waals surface area contributed by atoms with Gasteiger partial charge >= 0.3 is 0 Å². The van der Waals surface area contributed by atoms with Crippen molar-refractivity contribution < 1.29 is 4.79 Å². The molecular weight excluding hydrogens is 312 g/mol. The summed E-state index contributed by atoms with van der Waals surface area (Å²) in [5, 5.41) is 6.44. The minimum absolute atomic E-state index is 0.0122. The highest BCUT2D eigenvalue weighted by Gasteiger charge is 2.30. The van der Waals surface area contributed by atoms with E-state index in [1.54, 1.807) is 0 Å². The van der Waals surface area contributed by atoms with Crippen molar-refractivity contribution in [3.05, 3.63) is 35.4 Å². The van der Waals surface area contributed by atoms with Crippen molar-refractivity contribution in [3.8, 4) is 0 Å². The van der Waals surface area contributed by atoms with Crippen molar-refractivity contribution in [2.75, 3.05) is 20.1 Å². The highest BCUT2D eigenvalue weighted by molar-refractivity contribution is 5.94. The number of guanidine groups is 1. The molecule has 1 unspecified atom stereocenters. The lowest BCUT2D eigenvalue weighted by atomic mass is 9.93. The molecule has 5 heteroatoms. The minimum atomic E-state index is -0.0122. The van der Waals surface area contributed by atoms with E-state index in [0.29, 0.717) is 17.5 Å². The molecule has 1 aliphatic rings. The molecule has 0 radical (unpaired) electrons. The van der Waals surface area contributed by atoms with E-state index in [4.69, 9.17) is 0 Å². The summed E-state index contributed by atoms with van der Waals surface area (Å²) in [6, 6.07) is 7.97. The Kier molecular flexibility index (Phi) is 6.45. The molecule has 1 heterocycles. The first-order valence-electron chi connectivity index (χ1n) is 9.20. The van der Waals surface area contributed by atoms with Crippen molar-refractivity contribution in [2.45, 2.75) is 53.1 Å². The molecule has 0 spiro atoms. The van der Waals surface area contributed by atoms with E-state index >= 15 is 0 Å².